The van der Waals surface area contributed by atoms with Gasteiger partial charge in [-0.1, -0.05) is 6.07 Å². The number of rotatable bonds is 2. The first-order chi connectivity index (χ1) is 8.81. The van der Waals surface area contributed by atoms with Gasteiger partial charge in [0.05, 0.1) is 0 Å². The minimum Gasteiger partial charge on any atom is -0.314 e. The Kier molecular flexibility index (Phi) is 3.62. The van der Waals surface area contributed by atoms with Gasteiger partial charge in [0.1, 0.15) is 5.82 Å². The molecule has 1 aliphatic heterocycles. The SMILES string of the molecule is Fc1ccc2c(c1)CC(CN1CCNCC1)CC2. The minimum atomic E-state index is -0.0865. The van der Waals surface area contributed by atoms with Crippen molar-refractivity contribution in [3.63, 3.8) is 0 Å². The second-order valence-electron chi connectivity index (χ2n) is 5.57. The molecule has 1 aromatic rings. The number of halogens is 1. The van der Waals surface area contributed by atoms with E-state index in [0.717, 1.165) is 39.0 Å². The Morgan fingerprint density at radius 3 is 2.89 bits per heavy atom. The summed E-state index contributed by atoms with van der Waals surface area (Å²) in [7, 11) is 0. The van der Waals surface area contributed by atoms with Gasteiger partial charge in [-0.15, -0.1) is 0 Å². The molecule has 1 aromatic carbocycles. The molecule has 1 heterocycles. The quantitative estimate of drug-likeness (QED) is 0.859. The molecule has 0 saturated carbocycles. The predicted octanol–water partition coefficient (Wildman–Crippen LogP) is 1.84. The zero-order valence-corrected chi connectivity index (χ0v) is 10.8. The zero-order chi connectivity index (χ0) is 12.4. The van der Waals surface area contributed by atoms with Gasteiger partial charge in [0, 0.05) is 32.7 Å². The van der Waals surface area contributed by atoms with E-state index in [1.807, 2.05) is 6.07 Å². The molecule has 1 N–H and O–H groups in total. The largest absolute Gasteiger partial charge is 0.314 e. The highest BCUT2D eigenvalue weighted by Crippen LogP contribution is 2.26. The van der Waals surface area contributed by atoms with Gasteiger partial charge < -0.3 is 10.2 Å². The molecule has 2 nitrogen and oxygen atoms in total. The van der Waals surface area contributed by atoms with E-state index in [1.165, 1.54) is 24.1 Å². The highest BCUT2D eigenvalue weighted by atomic mass is 19.1. The van der Waals surface area contributed by atoms with Crippen LogP contribution in [-0.2, 0) is 12.8 Å². The summed E-state index contributed by atoms with van der Waals surface area (Å²) in [6.07, 6.45) is 3.42. The summed E-state index contributed by atoms with van der Waals surface area (Å²) in [6, 6.07) is 5.29. The van der Waals surface area contributed by atoms with Crippen molar-refractivity contribution >= 4 is 0 Å². The van der Waals surface area contributed by atoms with Crippen LogP contribution in [0.4, 0.5) is 4.39 Å². The van der Waals surface area contributed by atoms with Crippen molar-refractivity contribution < 1.29 is 4.39 Å². The van der Waals surface area contributed by atoms with Gasteiger partial charge in [-0.2, -0.15) is 0 Å². The molecule has 0 amide bonds. The molecule has 0 radical (unpaired) electrons. The fourth-order valence-corrected chi connectivity index (χ4v) is 3.22. The average Bonchev–Trinajstić information content (AvgIpc) is 2.39. The van der Waals surface area contributed by atoms with Crippen molar-refractivity contribution in [1.29, 1.82) is 0 Å². The van der Waals surface area contributed by atoms with Crippen molar-refractivity contribution in [3.05, 3.63) is 35.1 Å². The number of piperazine rings is 1. The zero-order valence-electron chi connectivity index (χ0n) is 10.8. The maximum atomic E-state index is 13.3. The molecule has 1 atom stereocenters. The summed E-state index contributed by atoms with van der Waals surface area (Å²) in [4.78, 5) is 2.55. The van der Waals surface area contributed by atoms with E-state index in [1.54, 1.807) is 12.1 Å². The van der Waals surface area contributed by atoms with Gasteiger partial charge >= 0.3 is 0 Å². The summed E-state index contributed by atoms with van der Waals surface area (Å²) >= 11 is 0. The Morgan fingerprint density at radius 1 is 1.22 bits per heavy atom. The van der Waals surface area contributed by atoms with E-state index in [9.17, 15) is 4.39 Å². The maximum Gasteiger partial charge on any atom is 0.123 e. The Morgan fingerprint density at radius 2 is 2.06 bits per heavy atom. The topological polar surface area (TPSA) is 15.3 Å². The third-order valence-electron chi connectivity index (χ3n) is 4.22. The lowest BCUT2D eigenvalue weighted by Gasteiger charge is -2.33. The first kappa shape index (κ1) is 12.1. The number of nitrogens with zero attached hydrogens (tertiary/aromatic N) is 1. The van der Waals surface area contributed by atoms with Crippen LogP contribution in [0.1, 0.15) is 17.5 Å². The Labute approximate surface area is 108 Å². The molecular formula is C15H21FN2. The van der Waals surface area contributed by atoms with Crippen molar-refractivity contribution in [2.75, 3.05) is 32.7 Å². The molecule has 0 spiro atoms. The highest BCUT2D eigenvalue weighted by molar-refractivity contribution is 5.30. The van der Waals surface area contributed by atoms with Crippen LogP contribution in [0.2, 0.25) is 0 Å². The highest BCUT2D eigenvalue weighted by Gasteiger charge is 2.22. The molecule has 1 unspecified atom stereocenters. The third kappa shape index (κ3) is 2.73. The monoisotopic (exact) mass is 248 g/mol. The first-order valence-electron chi connectivity index (χ1n) is 7.01. The summed E-state index contributed by atoms with van der Waals surface area (Å²) in [5.74, 6) is 0.619. The van der Waals surface area contributed by atoms with Crippen LogP contribution >= 0.6 is 0 Å². The van der Waals surface area contributed by atoms with Crippen molar-refractivity contribution in [2.45, 2.75) is 19.3 Å². The van der Waals surface area contributed by atoms with Crippen LogP contribution in [0.5, 0.6) is 0 Å². The summed E-state index contributed by atoms with van der Waals surface area (Å²) < 4.78 is 13.3. The smallest absolute Gasteiger partial charge is 0.123 e. The molecular weight excluding hydrogens is 227 g/mol. The van der Waals surface area contributed by atoms with Gasteiger partial charge in [-0.3, -0.25) is 0 Å². The van der Waals surface area contributed by atoms with Gasteiger partial charge in [-0.25, -0.2) is 4.39 Å². The fraction of sp³-hybridized carbons (Fsp3) is 0.600. The van der Waals surface area contributed by atoms with Crippen LogP contribution in [0.15, 0.2) is 18.2 Å². The molecule has 1 aliphatic carbocycles. The second-order valence-corrected chi connectivity index (χ2v) is 5.57. The van der Waals surface area contributed by atoms with Crippen LogP contribution in [0.25, 0.3) is 0 Å². The summed E-state index contributed by atoms with van der Waals surface area (Å²) in [5, 5.41) is 3.38. The summed E-state index contributed by atoms with van der Waals surface area (Å²) in [5.41, 5.74) is 2.59. The molecule has 3 rings (SSSR count). The lowest BCUT2D eigenvalue weighted by molar-refractivity contribution is 0.197. The van der Waals surface area contributed by atoms with Crippen molar-refractivity contribution in [3.8, 4) is 0 Å². The third-order valence-corrected chi connectivity index (χ3v) is 4.22. The number of hydrogen-bond acceptors (Lipinski definition) is 2. The lowest BCUT2D eigenvalue weighted by Crippen LogP contribution is -2.45. The van der Waals surface area contributed by atoms with E-state index in [2.05, 4.69) is 10.2 Å². The Hall–Kier alpha value is -0.930. The number of nitrogens with one attached hydrogen (secondary N) is 1. The normalized spacial score (nSPS) is 24.8. The van der Waals surface area contributed by atoms with Crippen molar-refractivity contribution in [1.82, 2.24) is 10.2 Å². The van der Waals surface area contributed by atoms with Gasteiger partial charge in [-0.05, 0) is 48.4 Å². The average molecular weight is 248 g/mol. The fourth-order valence-electron chi connectivity index (χ4n) is 3.22. The molecule has 0 bridgehead atoms. The van der Waals surface area contributed by atoms with Gasteiger partial charge in [0.25, 0.3) is 0 Å². The molecule has 1 saturated heterocycles. The number of benzene rings is 1. The minimum absolute atomic E-state index is 0.0865. The Bertz CT molecular complexity index is 413. The van der Waals surface area contributed by atoms with Crippen molar-refractivity contribution in [2.24, 2.45) is 5.92 Å². The predicted molar refractivity (Wildman–Crippen MR) is 71.2 cm³/mol. The number of hydrogen-bond donors (Lipinski definition) is 1. The second kappa shape index (κ2) is 5.37. The van der Waals surface area contributed by atoms with E-state index in [-0.39, 0.29) is 5.82 Å². The van der Waals surface area contributed by atoms with Crippen LogP contribution in [0.3, 0.4) is 0 Å². The van der Waals surface area contributed by atoms with E-state index in [4.69, 9.17) is 0 Å². The molecule has 2 aliphatic rings. The standard InChI is InChI=1S/C15H21FN2/c16-15-4-3-13-2-1-12(9-14(13)10-15)11-18-7-5-17-6-8-18/h3-4,10,12,17H,1-2,5-9,11H2. The molecule has 0 aromatic heterocycles. The maximum absolute atomic E-state index is 13.3. The first-order valence-corrected chi connectivity index (χ1v) is 7.01. The molecule has 3 heteroatoms. The van der Waals surface area contributed by atoms with Crippen LogP contribution in [-0.4, -0.2) is 37.6 Å². The van der Waals surface area contributed by atoms with E-state index in [0.29, 0.717) is 5.92 Å². The number of aryl methyl sites for hydroxylation is 1. The number of fused-ring (bicyclic) bond motifs is 1. The van der Waals surface area contributed by atoms with Gasteiger partial charge in [0.2, 0.25) is 0 Å². The molecule has 1 fully saturated rings. The summed E-state index contributed by atoms with van der Waals surface area (Å²) in [6.45, 7) is 5.71. The lowest BCUT2D eigenvalue weighted by atomic mass is 9.83. The van der Waals surface area contributed by atoms with E-state index >= 15 is 0 Å². The van der Waals surface area contributed by atoms with E-state index < -0.39 is 0 Å². The van der Waals surface area contributed by atoms with Crippen LogP contribution in [0, 0.1) is 11.7 Å². The Balaban J connectivity index is 1.63. The van der Waals surface area contributed by atoms with Gasteiger partial charge in [0.15, 0.2) is 0 Å². The molecule has 98 valence electrons. The van der Waals surface area contributed by atoms with Crippen LogP contribution < -0.4 is 5.32 Å². The molecule has 18 heavy (non-hydrogen) atoms.